The number of alkyl halides is 2. The molecule has 1 aliphatic rings. The maximum atomic E-state index is 14.4. The first kappa shape index (κ1) is 29.8. The number of methoxy groups -OCH3 is 1. The number of nitrogens with zero attached hydrogens (tertiary/aromatic N) is 1. The van der Waals surface area contributed by atoms with Crippen molar-refractivity contribution >= 4 is 24.3 Å². The molecule has 39 heavy (non-hydrogen) atoms. The average molecular weight is 571 g/mol. The second kappa shape index (κ2) is 12.9. The molecular weight excluding hydrogens is 545 g/mol. The van der Waals surface area contributed by atoms with Crippen LogP contribution in [0.15, 0.2) is 40.8 Å². The second-order valence-corrected chi connectivity index (χ2v) is 8.68. The Morgan fingerprint density at radius 2 is 1.87 bits per heavy atom. The summed E-state index contributed by atoms with van der Waals surface area (Å²) < 4.78 is 65.9. The molecule has 0 bridgehead atoms. The van der Waals surface area contributed by atoms with Crippen molar-refractivity contribution in [3.63, 3.8) is 0 Å². The molecule has 0 radical (unpaired) electrons. The fourth-order valence-corrected chi connectivity index (χ4v) is 3.52. The minimum Gasteiger partial charge on any atom is -0.489 e. The summed E-state index contributed by atoms with van der Waals surface area (Å²) >= 11 is 0. The first-order chi connectivity index (χ1) is 18.2. The molecule has 1 heterocycles. The Balaban J connectivity index is 0.00000420. The number of halogens is 4. The molecule has 13 heteroatoms. The topological polar surface area (TPSA) is 123 Å². The first-order valence-corrected chi connectivity index (χ1v) is 11.7. The van der Waals surface area contributed by atoms with E-state index in [4.69, 9.17) is 19.6 Å². The van der Waals surface area contributed by atoms with Gasteiger partial charge in [-0.15, -0.1) is 12.4 Å². The fourth-order valence-electron chi connectivity index (χ4n) is 3.52. The maximum Gasteiger partial charge on any atom is 0.387 e. The molecule has 0 spiro atoms. The third kappa shape index (κ3) is 7.42. The SMILES string of the molecule is COC(=O)c1ccc(C(=O)OCc2nc(-c3ccc(OC(F)F)c(OCC4CC4)c3)oc2C(C)N)c(F)c1.Cl. The Labute approximate surface area is 227 Å². The molecule has 0 saturated heterocycles. The monoisotopic (exact) mass is 570 g/mol. The number of carbonyl (C=O) groups is 2. The number of rotatable bonds is 11. The lowest BCUT2D eigenvalue weighted by molar-refractivity contribution is -0.0515. The van der Waals surface area contributed by atoms with Crippen molar-refractivity contribution in [3.05, 3.63) is 64.8 Å². The van der Waals surface area contributed by atoms with Crippen molar-refractivity contribution in [2.24, 2.45) is 11.7 Å². The van der Waals surface area contributed by atoms with Gasteiger partial charge in [-0.25, -0.2) is 19.0 Å². The van der Waals surface area contributed by atoms with Crippen LogP contribution >= 0.6 is 12.4 Å². The van der Waals surface area contributed by atoms with E-state index in [-0.39, 0.29) is 46.8 Å². The van der Waals surface area contributed by atoms with Gasteiger partial charge in [0.05, 0.1) is 30.9 Å². The number of hydrogen-bond donors (Lipinski definition) is 1. The van der Waals surface area contributed by atoms with Gasteiger partial charge in [0.25, 0.3) is 0 Å². The Hall–Kier alpha value is -3.77. The molecule has 0 aliphatic heterocycles. The molecule has 210 valence electrons. The van der Waals surface area contributed by atoms with Gasteiger partial charge in [-0.05, 0) is 62.1 Å². The Morgan fingerprint density at radius 1 is 1.13 bits per heavy atom. The van der Waals surface area contributed by atoms with Crippen LogP contribution in [0.3, 0.4) is 0 Å². The number of esters is 2. The zero-order chi connectivity index (χ0) is 27.4. The largest absolute Gasteiger partial charge is 0.489 e. The molecule has 1 atom stereocenters. The van der Waals surface area contributed by atoms with Crippen molar-refractivity contribution in [2.45, 2.75) is 39.0 Å². The number of benzene rings is 2. The first-order valence-electron chi connectivity index (χ1n) is 11.7. The van der Waals surface area contributed by atoms with Gasteiger partial charge in [0.1, 0.15) is 23.9 Å². The highest BCUT2D eigenvalue weighted by Crippen LogP contribution is 2.37. The molecule has 1 unspecified atom stereocenters. The van der Waals surface area contributed by atoms with Gasteiger partial charge in [-0.2, -0.15) is 8.78 Å². The summed E-state index contributed by atoms with van der Waals surface area (Å²) in [7, 11) is 1.15. The molecule has 9 nitrogen and oxygen atoms in total. The van der Waals surface area contributed by atoms with E-state index in [1.54, 1.807) is 6.92 Å². The normalized spacial score (nSPS) is 13.4. The highest BCUT2D eigenvalue weighted by molar-refractivity contribution is 5.93. The van der Waals surface area contributed by atoms with Crippen LogP contribution in [0.4, 0.5) is 13.2 Å². The van der Waals surface area contributed by atoms with Crippen LogP contribution in [0.25, 0.3) is 11.5 Å². The van der Waals surface area contributed by atoms with Crippen LogP contribution < -0.4 is 15.2 Å². The summed E-state index contributed by atoms with van der Waals surface area (Å²) in [5.74, 6) is -2.08. The lowest BCUT2D eigenvalue weighted by atomic mass is 10.1. The summed E-state index contributed by atoms with van der Waals surface area (Å²) in [6.45, 7) is -1.43. The lowest BCUT2D eigenvalue weighted by Crippen LogP contribution is -2.12. The van der Waals surface area contributed by atoms with Crippen LogP contribution in [0.1, 0.15) is 58.0 Å². The summed E-state index contributed by atoms with van der Waals surface area (Å²) in [6.07, 6.45) is 2.01. The van der Waals surface area contributed by atoms with E-state index >= 15 is 0 Å². The van der Waals surface area contributed by atoms with Crippen LogP contribution in [0.2, 0.25) is 0 Å². The minimum absolute atomic E-state index is 0. The Morgan fingerprint density at radius 3 is 2.49 bits per heavy atom. The lowest BCUT2D eigenvalue weighted by Gasteiger charge is -2.12. The standard InChI is InChI=1S/C26H25F3N2O7.ClH/c1-13(30)22-19(12-36-25(33)17-7-5-16(9-18(17)27)24(32)34-2)31-23(38-22)15-6-8-20(37-26(28)29)21(10-15)35-11-14-3-4-14;/h5-10,13-14,26H,3-4,11-12,30H2,1-2H3;1H. The highest BCUT2D eigenvalue weighted by Gasteiger charge is 2.25. The van der Waals surface area contributed by atoms with E-state index in [9.17, 15) is 22.8 Å². The van der Waals surface area contributed by atoms with Gasteiger partial charge in [0.15, 0.2) is 11.5 Å². The molecule has 2 N–H and O–H groups in total. The molecule has 4 rings (SSSR count). The van der Waals surface area contributed by atoms with Gasteiger partial charge in [-0.1, -0.05) is 0 Å². The average Bonchev–Trinajstić information content (AvgIpc) is 3.62. The third-order valence-electron chi connectivity index (χ3n) is 5.67. The third-order valence-corrected chi connectivity index (χ3v) is 5.67. The van der Waals surface area contributed by atoms with Crippen LogP contribution in [-0.4, -0.2) is 37.3 Å². The molecular formula is C26H26ClF3N2O7. The molecule has 1 fully saturated rings. The Kier molecular flexibility index (Phi) is 9.81. The number of aromatic nitrogens is 1. The molecule has 0 amide bonds. The smallest absolute Gasteiger partial charge is 0.387 e. The molecule has 2 aromatic carbocycles. The van der Waals surface area contributed by atoms with E-state index in [1.807, 2.05) is 0 Å². The van der Waals surface area contributed by atoms with Gasteiger partial charge in [-0.3, -0.25) is 0 Å². The molecule has 3 aromatic rings. The zero-order valence-electron chi connectivity index (χ0n) is 20.9. The second-order valence-electron chi connectivity index (χ2n) is 8.68. The maximum absolute atomic E-state index is 14.4. The Bertz CT molecular complexity index is 1330. The quantitative estimate of drug-likeness (QED) is 0.299. The zero-order valence-corrected chi connectivity index (χ0v) is 21.8. The summed E-state index contributed by atoms with van der Waals surface area (Å²) in [5.41, 5.74) is 6.11. The van der Waals surface area contributed by atoms with Crippen LogP contribution in [-0.2, 0) is 16.1 Å². The van der Waals surface area contributed by atoms with Crippen LogP contribution in [0.5, 0.6) is 11.5 Å². The summed E-state index contributed by atoms with van der Waals surface area (Å²) in [6, 6.07) is 6.81. The van der Waals surface area contributed by atoms with E-state index < -0.39 is 42.6 Å². The predicted molar refractivity (Wildman–Crippen MR) is 133 cm³/mol. The number of ether oxygens (including phenoxy) is 4. The fraction of sp³-hybridized carbons (Fsp3) is 0.346. The van der Waals surface area contributed by atoms with Gasteiger partial charge in [0.2, 0.25) is 5.89 Å². The van der Waals surface area contributed by atoms with Crippen molar-refractivity contribution in [1.29, 1.82) is 0 Å². The van der Waals surface area contributed by atoms with Crippen LogP contribution in [0, 0.1) is 11.7 Å². The predicted octanol–water partition coefficient (Wildman–Crippen LogP) is 5.46. The van der Waals surface area contributed by atoms with Crippen molar-refractivity contribution in [2.75, 3.05) is 13.7 Å². The van der Waals surface area contributed by atoms with E-state index in [0.29, 0.717) is 18.1 Å². The summed E-state index contributed by atoms with van der Waals surface area (Å²) in [4.78, 5) is 28.4. The number of carbonyl (C=O) groups excluding carboxylic acids is 2. The molecule has 1 aromatic heterocycles. The van der Waals surface area contributed by atoms with Gasteiger partial charge >= 0.3 is 18.6 Å². The highest BCUT2D eigenvalue weighted by atomic mass is 35.5. The van der Waals surface area contributed by atoms with Gasteiger partial charge in [0, 0.05) is 5.56 Å². The van der Waals surface area contributed by atoms with E-state index in [1.165, 1.54) is 24.3 Å². The number of hydrogen-bond acceptors (Lipinski definition) is 9. The number of nitrogens with two attached hydrogens (primary N) is 1. The minimum atomic E-state index is -3.03. The molecule has 1 saturated carbocycles. The van der Waals surface area contributed by atoms with Gasteiger partial charge < -0.3 is 29.1 Å². The van der Waals surface area contributed by atoms with Crippen molar-refractivity contribution < 1.29 is 46.1 Å². The summed E-state index contributed by atoms with van der Waals surface area (Å²) in [5, 5.41) is 0. The van der Waals surface area contributed by atoms with E-state index in [2.05, 4.69) is 14.5 Å². The van der Waals surface area contributed by atoms with E-state index in [0.717, 1.165) is 32.1 Å². The molecule has 1 aliphatic carbocycles. The van der Waals surface area contributed by atoms with Crippen molar-refractivity contribution in [1.82, 2.24) is 4.98 Å². The van der Waals surface area contributed by atoms with Crippen molar-refractivity contribution in [3.8, 4) is 23.0 Å². The number of oxazole rings is 1.